The van der Waals surface area contributed by atoms with Gasteiger partial charge in [0.05, 0.1) is 11.6 Å². The lowest BCUT2D eigenvalue weighted by molar-refractivity contribution is -0.192. The molecule has 0 aliphatic carbocycles. The molecule has 2 aliphatic heterocycles. The van der Waals surface area contributed by atoms with Crippen molar-refractivity contribution in [1.29, 1.82) is 0 Å². The summed E-state index contributed by atoms with van der Waals surface area (Å²) < 4.78 is 39.1. The number of ether oxygens (including phenoxy) is 1. The van der Waals surface area contributed by atoms with Crippen molar-refractivity contribution in [2.45, 2.75) is 31.0 Å². The molecule has 1 spiro atoms. The van der Waals surface area contributed by atoms with E-state index in [1.807, 2.05) is 36.5 Å². The van der Waals surface area contributed by atoms with Crippen molar-refractivity contribution in [2.24, 2.45) is 7.05 Å². The fourth-order valence-electron chi connectivity index (χ4n) is 4.03. The van der Waals surface area contributed by atoms with E-state index in [1.54, 1.807) is 10.8 Å². The predicted octanol–water partition coefficient (Wildman–Crippen LogP) is 3.25. The van der Waals surface area contributed by atoms with E-state index in [0.29, 0.717) is 26.3 Å². The number of hydrogen-bond donors (Lipinski definition) is 2. The molecule has 1 saturated heterocycles. The molecule has 1 amide bonds. The number of nitrogens with zero attached hydrogens (tertiary/aromatic N) is 3. The number of anilines is 2. The zero-order valence-corrected chi connectivity index (χ0v) is 18.1. The maximum atomic E-state index is 13.2. The van der Waals surface area contributed by atoms with Crippen LogP contribution in [0.2, 0.25) is 0 Å². The number of hydrogen-bond acceptors (Lipinski definition) is 5. The molecule has 0 radical (unpaired) electrons. The number of carboxylic acid groups (broad SMARTS) is 1. The number of aliphatic carboxylic acids is 1. The summed E-state index contributed by atoms with van der Waals surface area (Å²) >= 11 is 0. The molecule has 33 heavy (non-hydrogen) atoms. The lowest BCUT2D eigenvalue weighted by Gasteiger charge is -2.32. The van der Waals surface area contributed by atoms with Gasteiger partial charge in [-0.25, -0.2) is 4.79 Å². The van der Waals surface area contributed by atoms with Gasteiger partial charge in [0.2, 0.25) is 5.91 Å². The molecule has 0 atom stereocenters. The molecule has 0 saturated carbocycles. The number of amides is 1. The number of halogens is 3. The number of fused-ring (bicyclic) bond motifs is 2. The summed E-state index contributed by atoms with van der Waals surface area (Å²) in [5.74, 6) is -2.58. The molecule has 2 N–H and O–H groups in total. The van der Waals surface area contributed by atoms with Gasteiger partial charge in [-0.1, -0.05) is 6.08 Å². The molecule has 3 heterocycles. The minimum atomic E-state index is -5.08. The van der Waals surface area contributed by atoms with E-state index in [0.717, 1.165) is 35.3 Å². The van der Waals surface area contributed by atoms with Crippen molar-refractivity contribution >= 4 is 23.3 Å². The van der Waals surface area contributed by atoms with Crippen LogP contribution in [0, 0.1) is 0 Å². The molecule has 8 nitrogen and oxygen atoms in total. The van der Waals surface area contributed by atoms with E-state index < -0.39 is 17.6 Å². The third kappa shape index (κ3) is 5.19. The number of benzene rings is 1. The minimum Gasteiger partial charge on any atom is -0.475 e. The van der Waals surface area contributed by atoms with Crippen molar-refractivity contribution < 1.29 is 32.6 Å². The Morgan fingerprint density at radius 2 is 2.03 bits per heavy atom. The van der Waals surface area contributed by atoms with Gasteiger partial charge in [-0.3, -0.25) is 9.48 Å². The van der Waals surface area contributed by atoms with E-state index in [1.165, 1.54) is 0 Å². The average molecular weight is 466 g/mol. The summed E-state index contributed by atoms with van der Waals surface area (Å²) in [6, 6.07) is 6.22. The number of alkyl halides is 3. The average Bonchev–Trinajstić information content (AvgIpc) is 3.28. The zero-order valence-electron chi connectivity index (χ0n) is 18.1. The Bertz CT molecular complexity index is 1030. The van der Waals surface area contributed by atoms with Gasteiger partial charge in [-0.15, -0.1) is 6.58 Å². The van der Waals surface area contributed by atoms with E-state index in [2.05, 4.69) is 23.1 Å². The summed E-state index contributed by atoms with van der Waals surface area (Å²) in [6.45, 7) is 6.30. The van der Waals surface area contributed by atoms with Crippen LogP contribution >= 0.6 is 0 Å². The Morgan fingerprint density at radius 3 is 2.58 bits per heavy atom. The Hall–Kier alpha value is -3.34. The number of carbonyl (C=O) groups excluding carboxylic acids is 1. The van der Waals surface area contributed by atoms with Gasteiger partial charge in [-0.05, 0) is 36.6 Å². The van der Waals surface area contributed by atoms with Crippen LogP contribution in [0.25, 0.3) is 0 Å². The molecule has 1 aromatic heterocycles. The van der Waals surface area contributed by atoms with E-state index in [4.69, 9.17) is 14.6 Å². The summed E-state index contributed by atoms with van der Waals surface area (Å²) in [5.41, 5.74) is 3.81. The van der Waals surface area contributed by atoms with Crippen LogP contribution in [0.15, 0.2) is 43.2 Å². The van der Waals surface area contributed by atoms with E-state index in [-0.39, 0.29) is 5.91 Å². The van der Waals surface area contributed by atoms with Gasteiger partial charge >= 0.3 is 12.1 Å². The summed E-state index contributed by atoms with van der Waals surface area (Å²) in [6.07, 6.45) is 2.02. The second-order valence-corrected chi connectivity index (χ2v) is 7.81. The first-order chi connectivity index (χ1) is 15.6. The number of carbonyl (C=O) groups is 2. The topological polar surface area (TPSA) is 96.7 Å². The molecule has 2 aliphatic rings. The Balaban J connectivity index is 0.000000383. The van der Waals surface area contributed by atoms with Gasteiger partial charge in [0.25, 0.3) is 0 Å². The monoisotopic (exact) mass is 466 g/mol. The fraction of sp³-hybridized carbons (Fsp3) is 0.409. The van der Waals surface area contributed by atoms with Crippen molar-refractivity contribution in [3.8, 4) is 0 Å². The third-order valence-corrected chi connectivity index (χ3v) is 5.61. The van der Waals surface area contributed by atoms with Crippen molar-refractivity contribution in [2.75, 3.05) is 30.0 Å². The maximum absolute atomic E-state index is 13.2. The van der Waals surface area contributed by atoms with Crippen molar-refractivity contribution in [1.82, 2.24) is 9.78 Å². The summed E-state index contributed by atoms with van der Waals surface area (Å²) in [5, 5.41) is 14.8. The molecule has 1 aromatic carbocycles. The molecular formula is C22H25F3N4O4. The summed E-state index contributed by atoms with van der Waals surface area (Å²) in [4.78, 5) is 24.0. The Labute approximate surface area is 188 Å². The lowest BCUT2D eigenvalue weighted by atomic mass is 9.75. The number of nitrogens with one attached hydrogen (secondary N) is 1. The first-order valence-electron chi connectivity index (χ1n) is 10.2. The standard InChI is InChI=1S/C20H24N4O2.C2HF3O2/c1-3-8-24-18-5-4-16(21-12-15-13-22-23(2)14-15)11-17(18)20(19(24)25)6-9-26-10-7-20;3-2(4,5)1(6)7/h3-5,11,13-14,21H,1,6-10,12H2,2H3;(H,6,7). The largest absolute Gasteiger partial charge is 0.490 e. The molecular weight excluding hydrogens is 441 g/mol. The van der Waals surface area contributed by atoms with Crippen LogP contribution in [-0.4, -0.2) is 52.7 Å². The molecule has 11 heteroatoms. The van der Waals surface area contributed by atoms with Crippen molar-refractivity contribution in [3.05, 3.63) is 54.4 Å². The molecule has 0 unspecified atom stereocenters. The van der Waals surface area contributed by atoms with Crippen LogP contribution in [0.5, 0.6) is 0 Å². The van der Waals surface area contributed by atoms with Crippen LogP contribution in [-0.2, 0) is 33.3 Å². The lowest BCUT2D eigenvalue weighted by Crippen LogP contribution is -2.44. The second-order valence-electron chi connectivity index (χ2n) is 7.81. The molecule has 1 fully saturated rings. The van der Waals surface area contributed by atoms with E-state index >= 15 is 0 Å². The normalized spacial score (nSPS) is 16.7. The van der Waals surface area contributed by atoms with Gasteiger partial charge in [0.1, 0.15) is 0 Å². The second kappa shape index (κ2) is 9.65. The third-order valence-electron chi connectivity index (χ3n) is 5.61. The first kappa shape index (κ1) is 24.3. The zero-order chi connectivity index (χ0) is 24.2. The van der Waals surface area contributed by atoms with Gasteiger partial charge in [0, 0.05) is 56.5 Å². The number of rotatable bonds is 5. The molecule has 4 rings (SSSR count). The first-order valence-corrected chi connectivity index (χ1v) is 10.2. The van der Waals surface area contributed by atoms with Crippen molar-refractivity contribution in [3.63, 3.8) is 0 Å². The Morgan fingerprint density at radius 1 is 1.36 bits per heavy atom. The number of aromatic nitrogens is 2. The fourth-order valence-corrected chi connectivity index (χ4v) is 4.03. The number of aryl methyl sites for hydroxylation is 1. The Kier molecular flexibility index (Phi) is 7.11. The quantitative estimate of drug-likeness (QED) is 0.657. The highest BCUT2D eigenvalue weighted by atomic mass is 19.4. The highest BCUT2D eigenvalue weighted by molar-refractivity contribution is 6.08. The molecule has 178 valence electrons. The van der Waals surface area contributed by atoms with Gasteiger partial charge in [0.15, 0.2) is 0 Å². The SMILES string of the molecule is C=CCN1C(=O)C2(CCOCC2)c2cc(NCc3cnn(C)c3)ccc21.O=C(O)C(F)(F)F. The molecule has 2 aromatic rings. The van der Waals surface area contributed by atoms with Gasteiger partial charge < -0.3 is 20.1 Å². The molecule has 0 bridgehead atoms. The van der Waals surface area contributed by atoms with Crippen LogP contribution in [0.4, 0.5) is 24.5 Å². The van der Waals surface area contributed by atoms with Crippen LogP contribution in [0.1, 0.15) is 24.0 Å². The van der Waals surface area contributed by atoms with Gasteiger partial charge in [-0.2, -0.15) is 18.3 Å². The van der Waals surface area contributed by atoms with E-state index in [9.17, 15) is 18.0 Å². The van der Waals surface area contributed by atoms with Crippen LogP contribution in [0.3, 0.4) is 0 Å². The smallest absolute Gasteiger partial charge is 0.475 e. The minimum absolute atomic E-state index is 0.181. The predicted molar refractivity (Wildman–Crippen MR) is 115 cm³/mol. The van der Waals surface area contributed by atoms with Crippen LogP contribution < -0.4 is 10.2 Å². The number of carboxylic acids is 1. The highest BCUT2D eigenvalue weighted by Crippen LogP contribution is 2.48. The highest BCUT2D eigenvalue weighted by Gasteiger charge is 2.51. The summed E-state index contributed by atoms with van der Waals surface area (Å²) in [7, 11) is 1.91. The maximum Gasteiger partial charge on any atom is 0.490 e.